The molecule has 0 saturated carbocycles. The molecule has 0 spiro atoms. The summed E-state index contributed by atoms with van der Waals surface area (Å²) in [7, 11) is 0. The van der Waals surface area contributed by atoms with E-state index in [1.165, 1.54) is 11.1 Å². The molecule has 0 amide bonds. The molecule has 0 aliphatic heterocycles. The van der Waals surface area contributed by atoms with E-state index < -0.39 is 0 Å². The first-order valence-corrected chi connectivity index (χ1v) is 6.87. The van der Waals surface area contributed by atoms with Gasteiger partial charge in [-0.25, -0.2) is 4.68 Å². The van der Waals surface area contributed by atoms with Crippen LogP contribution in [0.25, 0.3) is 11.3 Å². The van der Waals surface area contributed by atoms with Crippen LogP contribution in [0, 0.1) is 13.8 Å². The third-order valence-corrected chi connectivity index (χ3v) is 3.50. The molecule has 2 rings (SSSR count). The van der Waals surface area contributed by atoms with Gasteiger partial charge in [-0.05, 0) is 37.5 Å². The van der Waals surface area contributed by atoms with Crippen molar-refractivity contribution in [3.05, 3.63) is 35.0 Å². The molecule has 0 unspecified atom stereocenters. The minimum absolute atomic E-state index is 0.425. The van der Waals surface area contributed by atoms with Crippen molar-refractivity contribution in [1.29, 1.82) is 0 Å². The predicted octanol–water partition coefficient (Wildman–Crippen LogP) is 2.82. The summed E-state index contributed by atoms with van der Waals surface area (Å²) < 4.78 is 1.98. The molecule has 0 bridgehead atoms. The number of benzene rings is 1. The van der Waals surface area contributed by atoms with Gasteiger partial charge in [0.05, 0.1) is 5.69 Å². The lowest BCUT2D eigenvalue weighted by Crippen LogP contribution is -2.05. The van der Waals surface area contributed by atoms with E-state index in [1.54, 1.807) is 0 Å². The van der Waals surface area contributed by atoms with Gasteiger partial charge in [-0.3, -0.25) is 0 Å². The molecular formula is C15H22N4. The minimum atomic E-state index is 0.425. The van der Waals surface area contributed by atoms with E-state index in [4.69, 9.17) is 5.73 Å². The Labute approximate surface area is 114 Å². The van der Waals surface area contributed by atoms with Gasteiger partial charge in [0, 0.05) is 18.7 Å². The summed E-state index contributed by atoms with van der Waals surface area (Å²) in [6.45, 7) is 7.74. The highest BCUT2D eigenvalue weighted by Crippen LogP contribution is 2.24. The van der Waals surface area contributed by atoms with Crippen LogP contribution in [-0.2, 0) is 13.1 Å². The van der Waals surface area contributed by atoms with Crippen LogP contribution in [0.3, 0.4) is 0 Å². The topological polar surface area (TPSA) is 56.7 Å². The van der Waals surface area contributed by atoms with Gasteiger partial charge in [0.25, 0.3) is 0 Å². The van der Waals surface area contributed by atoms with Crippen LogP contribution in [0.2, 0.25) is 0 Å². The number of hydrogen-bond acceptors (Lipinski definition) is 3. The maximum absolute atomic E-state index is 5.78. The van der Waals surface area contributed by atoms with E-state index in [-0.39, 0.29) is 0 Å². The molecular weight excluding hydrogens is 236 g/mol. The van der Waals surface area contributed by atoms with E-state index in [9.17, 15) is 0 Å². The summed E-state index contributed by atoms with van der Waals surface area (Å²) in [5, 5.41) is 8.44. The Morgan fingerprint density at radius 3 is 2.63 bits per heavy atom. The van der Waals surface area contributed by atoms with Gasteiger partial charge in [0.2, 0.25) is 0 Å². The second-order valence-corrected chi connectivity index (χ2v) is 4.96. The lowest BCUT2D eigenvalue weighted by atomic mass is 10.0. The molecule has 0 fully saturated rings. The summed E-state index contributed by atoms with van der Waals surface area (Å²) in [6.07, 6.45) is 2.25. The van der Waals surface area contributed by atoms with E-state index in [0.717, 1.165) is 36.3 Å². The molecule has 1 aromatic carbocycles. The van der Waals surface area contributed by atoms with Crippen molar-refractivity contribution in [2.24, 2.45) is 5.73 Å². The fraction of sp³-hybridized carbons (Fsp3) is 0.467. The van der Waals surface area contributed by atoms with E-state index in [2.05, 4.69) is 49.3 Å². The number of unbranched alkanes of at least 4 members (excludes halogenated alkanes) is 1. The monoisotopic (exact) mass is 258 g/mol. The number of aromatic nitrogens is 3. The molecule has 0 saturated heterocycles. The highest BCUT2D eigenvalue weighted by atomic mass is 15.4. The molecule has 0 aliphatic carbocycles. The van der Waals surface area contributed by atoms with Crippen molar-refractivity contribution in [2.75, 3.05) is 0 Å². The van der Waals surface area contributed by atoms with E-state index >= 15 is 0 Å². The van der Waals surface area contributed by atoms with Crippen LogP contribution in [0.4, 0.5) is 0 Å². The first-order valence-electron chi connectivity index (χ1n) is 6.87. The quantitative estimate of drug-likeness (QED) is 0.897. The van der Waals surface area contributed by atoms with Gasteiger partial charge in [0.1, 0.15) is 5.69 Å². The van der Waals surface area contributed by atoms with Crippen molar-refractivity contribution in [1.82, 2.24) is 15.0 Å². The standard InChI is InChI=1S/C15H22N4/c1-4-5-8-19-15(14(10-16)17-18-19)13-7-6-11(2)12(3)9-13/h6-7,9H,4-5,8,10,16H2,1-3H3. The number of hydrogen-bond donors (Lipinski definition) is 1. The Hall–Kier alpha value is -1.68. The van der Waals surface area contributed by atoms with Gasteiger partial charge in [-0.15, -0.1) is 5.10 Å². The second-order valence-electron chi connectivity index (χ2n) is 4.96. The molecule has 4 heteroatoms. The third kappa shape index (κ3) is 2.84. The molecule has 102 valence electrons. The Kier molecular flexibility index (Phi) is 4.32. The van der Waals surface area contributed by atoms with Crippen LogP contribution in [0.1, 0.15) is 36.6 Å². The Balaban J connectivity index is 2.45. The first kappa shape index (κ1) is 13.7. The molecule has 0 aliphatic rings. The van der Waals surface area contributed by atoms with Gasteiger partial charge in [0.15, 0.2) is 0 Å². The van der Waals surface area contributed by atoms with Crippen LogP contribution in [-0.4, -0.2) is 15.0 Å². The Bertz CT molecular complexity index is 557. The fourth-order valence-electron chi connectivity index (χ4n) is 2.16. The van der Waals surface area contributed by atoms with Gasteiger partial charge in [-0.1, -0.05) is 30.7 Å². The third-order valence-electron chi connectivity index (χ3n) is 3.50. The molecule has 0 atom stereocenters. The van der Waals surface area contributed by atoms with Crippen molar-refractivity contribution in [3.63, 3.8) is 0 Å². The largest absolute Gasteiger partial charge is 0.325 e. The molecule has 2 N–H and O–H groups in total. The maximum Gasteiger partial charge on any atom is 0.104 e. The van der Waals surface area contributed by atoms with E-state index in [1.807, 2.05) is 4.68 Å². The second kappa shape index (κ2) is 5.97. The highest BCUT2D eigenvalue weighted by molar-refractivity contribution is 5.63. The smallest absolute Gasteiger partial charge is 0.104 e. The zero-order valence-corrected chi connectivity index (χ0v) is 12.0. The number of nitrogens with zero attached hydrogens (tertiary/aromatic N) is 3. The molecule has 19 heavy (non-hydrogen) atoms. The minimum Gasteiger partial charge on any atom is -0.325 e. The summed E-state index contributed by atoms with van der Waals surface area (Å²) >= 11 is 0. The predicted molar refractivity (Wildman–Crippen MR) is 77.7 cm³/mol. The SMILES string of the molecule is CCCCn1nnc(CN)c1-c1ccc(C)c(C)c1. The summed E-state index contributed by atoms with van der Waals surface area (Å²) in [6, 6.07) is 6.46. The van der Waals surface area contributed by atoms with Crippen LogP contribution < -0.4 is 5.73 Å². The van der Waals surface area contributed by atoms with Crippen molar-refractivity contribution < 1.29 is 0 Å². The summed E-state index contributed by atoms with van der Waals surface area (Å²) in [4.78, 5) is 0. The summed E-state index contributed by atoms with van der Waals surface area (Å²) in [5.41, 5.74) is 11.5. The zero-order chi connectivity index (χ0) is 13.8. The van der Waals surface area contributed by atoms with Gasteiger partial charge < -0.3 is 5.73 Å². The molecule has 0 radical (unpaired) electrons. The Morgan fingerprint density at radius 2 is 2.00 bits per heavy atom. The van der Waals surface area contributed by atoms with Crippen LogP contribution in [0.15, 0.2) is 18.2 Å². The lowest BCUT2D eigenvalue weighted by Gasteiger charge is -2.09. The number of rotatable bonds is 5. The zero-order valence-electron chi connectivity index (χ0n) is 12.0. The highest BCUT2D eigenvalue weighted by Gasteiger charge is 2.13. The van der Waals surface area contributed by atoms with Crippen LogP contribution in [0.5, 0.6) is 0 Å². The molecule has 4 nitrogen and oxygen atoms in total. The van der Waals surface area contributed by atoms with Crippen molar-refractivity contribution >= 4 is 0 Å². The average molecular weight is 258 g/mol. The van der Waals surface area contributed by atoms with Crippen molar-refractivity contribution in [2.45, 2.75) is 46.7 Å². The van der Waals surface area contributed by atoms with E-state index in [0.29, 0.717) is 6.54 Å². The number of aryl methyl sites for hydroxylation is 3. The number of nitrogens with two attached hydrogens (primary N) is 1. The molecule has 1 heterocycles. The fourth-order valence-corrected chi connectivity index (χ4v) is 2.16. The molecule has 1 aromatic heterocycles. The van der Waals surface area contributed by atoms with Crippen molar-refractivity contribution in [3.8, 4) is 11.3 Å². The Morgan fingerprint density at radius 1 is 1.21 bits per heavy atom. The first-order chi connectivity index (χ1) is 9.17. The van der Waals surface area contributed by atoms with Gasteiger partial charge >= 0.3 is 0 Å². The normalized spacial score (nSPS) is 10.9. The maximum atomic E-state index is 5.78. The summed E-state index contributed by atoms with van der Waals surface area (Å²) in [5.74, 6) is 0. The lowest BCUT2D eigenvalue weighted by molar-refractivity contribution is 0.557. The van der Waals surface area contributed by atoms with Gasteiger partial charge in [-0.2, -0.15) is 0 Å². The average Bonchev–Trinajstić information content (AvgIpc) is 2.82. The molecule has 2 aromatic rings. The van der Waals surface area contributed by atoms with Crippen LogP contribution >= 0.6 is 0 Å².